The fourth-order valence-corrected chi connectivity index (χ4v) is 1.72. The molecule has 1 aromatic rings. The topological polar surface area (TPSA) is 73.6 Å². The van der Waals surface area contributed by atoms with Crippen LogP contribution in [0.4, 0.5) is 4.39 Å². The third-order valence-corrected chi connectivity index (χ3v) is 2.60. The van der Waals surface area contributed by atoms with Crippen LogP contribution in [0.15, 0.2) is 27.7 Å². The third-order valence-electron chi connectivity index (χ3n) is 1.98. The third kappa shape index (κ3) is 5.86. The molecule has 0 heterocycles. The van der Waals surface area contributed by atoms with Gasteiger partial charge >= 0.3 is 0 Å². The van der Waals surface area contributed by atoms with E-state index in [0.717, 1.165) is 10.0 Å². The number of hydrogen-bond acceptors (Lipinski definition) is 2. The smallest absolute Gasteiger partial charge is 0.186 e. The van der Waals surface area contributed by atoms with E-state index in [1.54, 1.807) is 6.07 Å². The fourth-order valence-electron chi connectivity index (χ4n) is 1.18. The van der Waals surface area contributed by atoms with Gasteiger partial charge < -0.3 is 23.6 Å². The van der Waals surface area contributed by atoms with E-state index in [4.69, 9.17) is 16.2 Å². The highest BCUT2D eigenvalue weighted by Crippen LogP contribution is 2.26. The normalized spacial score (nSPS) is 9.44. The molecule has 0 saturated carbocycles. The molecule has 0 bridgehead atoms. The van der Waals surface area contributed by atoms with E-state index < -0.39 is 0 Å². The van der Waals surface area contributed by atoms with Gasteiger partial charge in [0.2, 0.25) is 0 Å². The summed E-state index contributed by atoms with van der Waals surface area (Å²) < 4.78 is 18.1. The van der Waals surface area contributed by atoms with Gasteiger partial charge in [-0.1, -0.05) is 6.07 Å². The first kappa shape index (κ1) is 16.7. The van der Waals surface area contributed by atoms with Gasteiger partial charge in [0.1, 0.15) is 5.75 Å². The largest absolute Gasteiger partial charge is 0.492 e. The molecule has 0 aliphatic heterocycles. The van der Waals surface area contributed by atoms with Crippen molar-refractivity contribution in [2.24, 2.45) is 16.5 Å². The standard InChI is InChI=1S/C11H15BrFN3O.CH3.H2/c12-9-6-8(7-16-11(14)15)2-3-10(9)17-5-1-4-13;;/h2-3,6H,1,4-5,7H2,(H4,14,15,16);1H3;1H/q;-1;. The van der Waals surface area contributed by atoms with E-state index in [0.29, 0.717) is 25.3 Å². The van der Waals surface area contributed by atoms with Crippen molar-refractivity contribution in [2.75, 3.05) is 13.3 Å². The number of benzene rings is 1. The predicted octanol–water partition coefficient (Wildman–Crippen LogP) is 2.66. The average molecular weight is 321 g/mol. The number of guanidine groups is 1. The molecule has 0 amide bonds. The zero-order valence-electron chi connectivity index (χ0n) is 10.3. The molecule has 0 atom stereocenters. The van der Waals surface area contributed by atoms with E-state index in [1.165, 1.54) is 0 Å². The minimum atomic E-state index is -0.375. The zero-order valence-corrected chi connectivity index (χ0v) is 11.9. The number of nitrogens with zero attached hydrogens (tertiary/aromatic N) is 1. The van der Waals surface area contributed by atoms with Gasteiger partial charge in [-0.2, -0.15) is 0 Å². The van der Waals surface area contributed by atoms with E-state index >= 15 is 0 Å². The highest BCUT2D eigenvalue weighted by molar-refractivity contribution is 9.10. The molecule has 104 valence electrons. The van der Waals surface area contributed by atoms with Crippen molar-refractivity contribution in [1.82, 2.24) is 0 Å². The molecule has 0 spiro atoms. The van der Waals surface area contributed by atoms with Gasteiger partial charge in [0.15, 0.2) is 5.96 Å². The summed E-state index contributed by atoms with van der Waals surface area (Å²) in [4.78, 5) is 3.90. The number of nitrogens with two attached hydrogens (primary N) is 2. The van der Waals surface area contributed by atoms with E-state index in [9.17, 15) is 4.39 Å². The number of halogens is 2. The molecule has 0 aliphatic carbocycles. The SMILES string of the molecule is NC(N)=NCc1ccc(OCCCF)c(Br)c1.[CH3-].[HH]. The van der Waals surface area contributed by atoms with Crippen LogP contribution < -0.4 is 16.2 Å². The monoisotopic (exact) mass is 320 g/mol. The van der Waals surface area contributed by atoms with Crippen molar-refractivity contribution in [3.05, 3.63) is 35.7 Å². The van der Waals surface area contributed by atoms with Crippen molar-refractivity contribution in [3.63, 3.8) is 0 Å². The molecular weight excluding hydrogens is 301 g/mol. The van der Waals surface area contributed by atoms with Crippen LogP contribution in [0.5, 0.6) is 5.75 Å². The first-order valence-electron chi connectivity index (χ1n) is 5.16. The summed E-state index contributed by atoms with van der Waals surface area (Å²) in [6.45, 7) is 0.411. The number of hydrogen-bond donors (Lipinski definition) is 2. The lowest BCUT2D eigenvalue weighted by molar-refractivity contribution is 0.288. The average Bonchev–Trinajstić information content (AvgIpc) is 2.29. The Morgan fingerprint density at radius 3 is 2.72 bits per heavy atom. The molecule has 6 heteroatoms. The predicted molar refractivity (Wildman–Crippen MR) is 78.3 cm³/mol. The van der Waals surface area contributed by atoms with Crippen LogP contribution in [0.2, 0.25) is 0 Å². The van der Waals surface area contributed by atoms with Crippen molar-refractivity contribution in [2.45, 2.75) is 13.0 Å². The Balaban J connectivity index is 0. The molecule has 0 unspecified atom stereocenters. The first-order chi connectivity index (χ1) is 8.13. The van der Waals surface area contributed by atoms with Gasteiger partial charge in [0.25, 0.3) is 0 Å². The van der Waals surface area contributed by atoms with Crippen LogP contribution in [-0.2, 0) is 6.54 Å². The number of rotatable bonds is 6. The van der Waals surface area contributed by atoms with Gasteiger partial charge in [0.05, 0.1) is 24.3 Å². The molecule has 0 aromatic heterocycles. The van der Waals surface area contributed by atoms with Gasteiger partial charge in [-0.05, 0) is 33.6 Å². The van der Waals surface area contributed by atoms with E-state index in [-0.39, 0.29) is 21.5 Å². The minimum Gasteiger partial charge on any atom is -0.492 e. The van der Waals surface area contributed by atoms with Crippen LogP contribution in [0.1, 0.15) is 13.4 Å². The van der Waals surface area contributed by atoms with Gasteiger partial charge in [-0.25, -0.2) is 4.99 Å². The van der Waals surface area contributed by atoms with Crippen LogP contribution in [0.25, 0.3) is 0 Å². The van der Waals surface area contributed by atoms with Crippen LogP contribution in [-0.4, -0.2) is 19.2 Å². The maximum absolute atomic E-state index is 11.9. The summed E-state index contributed by atoms with van der Waals surface area (Å²) in [6.07, 6.45) is 0.391. The molecule has 0 fully saturated rings. The molecule has 4 nitrogen and oxygen atoms in total. The lowest BCUT2D eigenvalue weighted by Crippen LogP contribution is -2.22. The lowest BCUT2D eigenvalue weighted by Gasteiger charge is -2.08. The molecule has 1 aromatic carbocycles. The Morgan fingerprint density at radius 2 is 2.17 bits per heavy atom. The lowest BCUT2D eigenvalue weighted by atomic mass is 10.2. The number of alkyl halides is 1. The summed E-state index contributed by atoms with van der Waals surface area (Å²) in [7, 11) is 0. The summed E-state index contributed by atoms with van der Waals surface area (Å²) in [5.41, 5.74) is 11.5. The Bertz CT molecular complexity index is 401. The Hall–Kier alpha value is -1.30. The molecule has 18 heavy (non-hydrogen) atoms. The first-order valence-corrected chi connectivity index (χ1v) is 5.95. The molecule has 0 saturated heterocycles. The minimum absolute atomic E-state index is 0. The van der Waals surface area contributed by atoms with Crippen LogP contribution in [0.3, 0.4) is 0 Å². The van der Waals surface area contributed by atoms with Crippen molar-refractivity contribution < 1.29 is 10.6 Å². The Labute approximate surface area is 117 Å². The summed E-state index contributed by atoms with van der Waals surface area (Å²) in [5, 5.41) is 0. The van der Waals surface area contributed by atoms with E-state index in [2.05, 4.69) is 20.9 Å². The van der Waals surface area contributed by atoms with Gasteiger partial charge in [-0.15, -0.1) is 0 Å². The Kier molecular flexibility index (Phi) is 8.11. The molecular formula is C12H20BrFN3O-. The van der Waals surface area contributed by atoms with Crippen molar-refractivity contribution >= 4 is 21.9 Å². The second-order valence-corrected chi connectivity index (χ2v) is 4.25. The molecule has 1 rings (SSSR count). The van der Waals surface area contributed by atoms with Gasteiger partial charge in [0, 0.05) is 7.85 Å². The second kappa shape index (κ2) is 8.74. The van der Waals surface area contributed by atoms with Crippen LogP contribution in [0, 0.1) is 7.43 Å². The molecule has 0 radical (unpaired) electrons. The summed E-state index contributed by atoms with van der Waals surface area (Å²) in [5.74, 6) is 0.747. The summed E-state index contributed by atoms with van der Waals surface area (Å²) in [6, 6.07) is 5.54. The number of aliphatic imine (C=N–C) groups is 1. The number of ether oxygens (including phenoxy) is 1. The molecule has 4 N–H and O–H groups in total. The maximum atomic E-state index is 11.9. The van der Waals surface area contributed by atoms with Crippen LogP contribution >= 0.6 is 15.9 Å². The Morgan fingerprint density at radius 1 is 1.44 bits per heavy atom. The highest BCUT2D eigenvalue weighted by Gasteiger charge is 2.02. The van der Waals surface area contributed by atoms with Gasteiger partial charge in [-0.3, -0.25) is 4.39 Å². The van der Waals surface area contributed by atoms with Crippen molar-refractivity contribution in [3.8, 4) is 5.75 Å². The maximum Gasteiger partial charge on any atom is 0.186 e. The second-order valence-electron chi connectivity index (χ2n) is 3.40. The molecule has 0 aliphatic rings. The zero-order chi connectivity index (χ0) is 12.7. The van der Waals surface area contributed by atoms with Crippen molar-refractivity contribution in [1.29, 1.82) is 0 Å². The highest BCUT2D eigenvalue weighted by atomic mass is 79.9. The quantitative estimate of drug-likeness (QED) is 0.366. The summed E-state index contributed by atoms with van der Waals surface area (Å²) >= 11 is 3.38. The van der Waals surface area contributed by atoms with E-state index in [1.807, 2.05) is 12.1 Å². The fraction of sp³-hybridized carbons (Fsp3) is 0.333.